The quantitative estimate of drug-likeness (QED) is 0.0894. The first-order chi connectivity index (χ1) is 59.1. The van der Waals surface area contributed by atoms with Crippen molar-refractivity contribution in [2.24, 2.45) is 0 Å². The second kappa shape index (κ2) is 38.2. The van der Waals surface area contributed by atoms with Crippen molar-refractivity contribution in [3.05, 3.63) is 417 Å². The molecule has 0 fully saturated rings. The molecule has 0 atom stereocenters. The Morgan fingerprint density at radius 1 is 0.198 bits per heavy atom. The molecule has 0 saturated carbocycles. The molecule has 18 aromatic rings. The maximum atomic E-state index is 12.5. The zero-order chi connectivity index (χ0) is 83.9. The molecule has 6 nitrogen and oxygen atoms in total. The molecule has 18 aromatic carbocycles. The van der Waals surface area contributed by atoms with Gasteiger partial charge in [0.2, 0.25) is 17.7 Å². The number of carbonyl (C=O) groups is 3. The molecule has 0 aliphatic heterocycles. The molecule has 3 N–H and O–H groups in total. The lowest BCUT2D eigenvalue weighted by Crippen LogP contribution is -2.08. The van der Waals surface area contributed by atoms with Gasteiger partial charge in [-0.2, -0.15) is 0 Å². The average molecular weight is 1630 g/mol. The fourth-order valence-electron chi connectivity index (χ4n) is 16.9. The normalized spacial score (nSPS) is 10.9. The summed E-state index contributed by atoms with van der Waals surface area (Å²) in [6, 6.07) is 140. The van der Waals surface area contributed by atoms with Gasteiger partial charge >= 0.3 is 0 Å². The highest BCUT2D eigenvalue weighted by molar-refractivity contribution is 6.63. The Morgan fingerprint density at radius 2 is 0.322 bits per heavy atom. The van der Waals surface area contributed by atoms with Crippen LogP contribution in [0.25, 0.3) is 166 Å². The third-order valence-electron chi connectivity index (χ3n) is 21.3. The molecule has 0 heterocycles. The molecule has 0 bridgehead atoms. The van der Waals surface area contributed by atoms with Crippen LogP contribution in [0, 0.1) is 20.8 Å². The Labute approximate surface area is 723 Å². The molecule has 0 spiro atoms. The van der Waals surface area contributed by atoms with E-state index in [0.717, 1.165) is 183 Å². The second-order valence-corrected chi connectivity index (χ2v) is 31.9. The van der Waals surface area contributed by atoms with E-state index in [1.54, 1.807) is 20.8 Å². The van der Waals surface area contributed by atoms with Gasteiger partial charge in [0, 0.05) is 70.7 Å². The number of nitrogens with one attached hydrogen (secondary N) is 3. The van der Waals surface area contributed by atoms with Crippen LogP contribution in [0.4, 0.5) is 17.1 Å². The number of alkyl halides is 3. The minimum Gasteiger partial charge on any atom is -0.326 e. The maximum absolute atomic E-state index is 12.5. The number of anilines is 3. The fraction of sp³-hybridized carbons (Fsp3) is 0.0625. The van der Waals surface area contributed by atoms with Gasteiger partial charge in [-0.1, -0.05) is 417 Å². The van der Waals surface area contributed by atoms with E-state index in [1.165, 1.54) is 16.7 Å². The molecule has 0 saturated heterocycles. The summed E-state index contributed by atoms with van der Waals surface area (Å²) in [4.78, 5) is 37.5. The van der Waals surface area contributed by atoms with Gasteiger partial charge in [0.25, 0.3) is 0 Å². The molecule has 18 rings (SSSR count). The smallest absolute Gasteiger partial charge is 0.221 e. The van der Waals surface area contributed by atoms with Gasteiger partial charge in [-0.15, -0.1) is 0 Å². The highest BCUT2D eigenvalue weighted by atomic mass is 35.6. The van der Waals surface area contributed by atoms with Crippen molar-refractivity contribution in [2.45, 2.75) is 45.8 Å². The lowest BCUT2D eigenvalue weighted by molar-refractivity contribution is -0.115. The van der Waals surface area contributed by atoms with E-state index in [0.29, 0.717) is 0 Å². The van der Waals surface area contributed by atoms with Gasteiger partial charge in [-0.25, -0.2) is 0 Å². The van der Waals surface area contributed by atoms with Crippen molar-refractivity contribution < 1.29 is 14.4 Å². The number of rotatable bonds is 15. The molecule has 0 aromatic heterocycles. The lowest BCUT2D eigenvalue weighted by atomic mass is 9.78. The van der Waals surface area contributed by atoms with Crippen LogP contribution in [-0.2, 0) is 14.4 Å². The van der Waals surface area contributed by atoms with E-state index < -0.39 is 4.30 Å². The fourth-order valence-corrected chi connectivity index (χ4v) is 16.9. The summed E-state index contributed by atoms with van der Waals surface area (Å²) in [6.07, 6.45) is 0. The van der Waals surface area contributed by atoms with Crippen molar-refractivity contribution in [1.82, 2.24) is 0 Å². The van der Waals surface area contributed by atoms with Gasteiger partial charge in [0.05, 0.1) is 0 Å². The standard InChI is InChI=1S/3C37H29NO.CHCl3/c3*1-25-23-31-33(27-15-7-3-8-16-27)34(28-17-9-4-10-18-28)35(29-19-11-5-12-20-29)36(30-21-13-6-14-22-30)37(31)32(24-25)38-26(2)39;2-1(3)4/h3*3-24H,1-2H3,(H,38,39);1H. The van der Waals surface area contributed by atoms with Crippen molar-refractivity contribution in [2.75, 3.05) is 16.0 Å². The SMILES string of the molecule is CC(=O)Nc1cc(C)cc2c(-c3ccccc3)c(-c3ccccc3)c(-c3ccccc3)c(-c3ccccc3)c12.CC(=O)Nc1cc(C)cc2c(-c3ccccc3)c(-c3ccccc3)c(-c3ccccc3)c(-c3ccccc3)c12.CC(=O)Nc1cc(C)cc2c(-c3ccccc3)c(-c3ccccc3)c(-c3ccccc3)c(-c3ccccc3)c12.ClC(Cl)Cl. The predicted molar refractivity (Wildman–Crippen MR) is 516 cm³/mol. The van der Waals surface area contributed by atoms with Crippen LogP contribution in [0.2, 0.25) is 0 Å². The maximum Gasteiger partial charge on any atom is 0.221 e. The second-order valence-electron chi connectivity index (χ2n) is 29.9. The number of amides is 3. The van der Waals surface area contributed by atoms with Crippen LogP contribution in [0.1, 0.15) is 37.5 Å². The highest BCUT2D eigenvalue weighted by Crippen LogP contribution is 2.57. The third kappa shape index (κ3) is 18.4. The number of fused-ring (bicyclic) bond motifs is 3. The van der Waals surface area contributed by atoms with Crippen LogP contribution >= 0.6 is 34.8 Å². The minimum atomic E-state index is -0.750. The summed E-state index contributed by atoms with van der Waals surface area (Å²) >= 11 is 14.4. The van der Waals surface area contributed by atoms with Gasteiger partial charge in [-0.3, -0.25) is 14.4 Å². The summed E-state index contributed by atoms with van der Waals surface area (Å²) in [6.45, 7) is 11.0. The number of benzene rings is 18. The van der Waals surface area contributed by atoms with Crippen LogP contribution < -0.4 is 16.0 Å². The van der Waals surface area contributed by atoms with E-state index >= 15 is 0 Å². The number of carbonyl (C=O) groups excluding carboxylic acids is 3. The van der Waals surface area contributed by atoms with E-state index in [-0.39, 0.29) is 17.7 Å². The lowest BCUT2D eigenvalue weighted by Gasteiger charge is -2.26. The van der Waals surface area contributed by atoms with Crippen LogP contribution in [-0.4, -0.2) is 22.0 Å². The molecule has 9 heteroatoms. The minimum absolute atomic E-state index is 0.0874. The largest absolute Gasteiger partial charge is 0.326 e. The van der Waals surface area contributed by atoms with Gasteiger partial charge in [0.1, 0.15) is 0 Å². The molecular weight excluding hydrogens is 1540 g/mol. The zero-order valence-corrected chi connectivity index (χ0v) is 70.3. The molecular formula is C112H88Cl3N3O3. The molecule has 0 radical (unpaired) electrons. The Balaban J connectivity index is 0.000000138. The molecule has 0 aliphatic rings. The number of halogens is 3. The first kappa shape index (κ1) is 82.1. The average Bonchev–Trinajstić information content (AvgIpc) is 0.728. The monoisotopic (exact) mass is 1630 g/mol. The van der Waals surface area contributed by atoms with E-state index in [1.807, 2.05) is 18.2 Å². The first-order valence-electron chi connectivity index (χ1n) is 40.4. The molecule has 590 valence electrons. The van der Waals surface area contributed by atoms with Crippen molar-refractivity contribution in [3.8, 4) is 134 Å². The van der Waals surface area contributed by atoms with Crippen molar-refractivity contribution in [1.29, 1.82) is 0 Å². The number of hydrogen-bond donors (Lipinski definition) is 3. The van der Waals surface area contributed by atoms with Crippen molar-refractivity contribution in [3.63, 3.8) is 0 Å². The summed E-state index contributed by atoms with van der Waals surface area (Å²) < 4.78 is -0.750. The van der Waals surface area contributed by atoms with Gasteiger partial charge in [0.15, 0.2) is 4.30 Å². The molecule has 3 amide bonds. The van der Waals surface area contributed by atoms with E-state index in [9.17, 15) is 14.4 Å². The molecule has 121 heavy (non-hydrogen) atoms. The van der Waals surface area contributed by atoms with Crippen molar-refractivity contribution >= 4 is 102 Å². The first-order valence-corrected chi connectivity index (χ1v) is 41.7. The predicted octanol–water partition coefficient (Wildman–Crippen LogP) is 31.3. The summed E-state index contributed by atoms with van der Waals surface area (Å²) in [5.41, 5.74) is 33.1. The van der Waals surface area contributed by atoms with Gasteiger partial charge in [-0.05, 0) is 189 Å². The zero-order valence-electron chi connectivity index (χ0n) is 68.0. The number of aryl methyl sites for hydroxylation is 3. The van der Waals surface area contributed by atoms with E-state index in [4.69, 9.17) is 34.8 Å². The summed E-state index contributed by atoms with van der Waals surface area (Å²) in [5.74, 6) is -0.262. The van der Waals surface area contributed by atoms with Crippen LogP contribution in [0.3, 0.4) is 0 Å². The Morgan fingerprint density at radius 3 is 0.463 bits per heavy atom. The van der Waals surface area contributed by atoms with E-state index in [2.05, 4.69) is 419 Å². The van der Waals surface area contributed by atoms with Crippen LogP contribution in [0.15, 0.2) is 400 Å². The van der Waals surface area contributed by atoms with Crippen LogP contribution in [0.5, 0.6) is 0 Å². The topological polar surface area (TPSA) is 87.3 Å². The third-order valence-corrected chi connectivity index (χ3v) is 21.3. The highest BCUT2D eigenvalue weighted by Gasteiger charge is 2.31. The Kier molecular flexibility index (Phi) is 25.9. The Bertz CT molecular complexity index is 6050. The Hall–Kier alpha value is -14.0. The number of hydrogen-bond acceptors (Lipinski definition) is 3. The molecule has 0 aliphatic carbocycles. The summed E-state index contributed by atoms with van der Waals surface area (Å²) in [7, 11) is 0. The molecule has 0 unspecified atom stereocenters. The summed E-state index contributed by atoms with van der Waals surface area (Å²) in [5, 5.41) is 16.0. The van der Waals surface area contributed by atoms with Gasteiger partial charge < -0.3 is 16.0 Å².